The van der Waals surface area contributed by atoms with E-state index in [-0.39, 0.29) is 5.54 Å². The summed E-state index contributed by atoms with van der Waals surface area (Å²) in [5.74, 6) is 0.763. The summed E-state index contributed by atoms with van der Waals surface area (Å²) in [7, 11) is 1.78. The normalized spacial score (nSPS) is 14.4. The fourth-order valence-corrected chi connectivity index (χ4v) is 1.49. The Bertz CT molecular complexity index is 129. The summed E-state index contributed by atoms with van der Waals surface area (Å²) in [6, 6.07) is 0. The Labute approximate surface area is 89.4 Å². The number of hydrogen-bond acceptors (Lipinski definition) is 2. The SMILES string of the molecule is CCCC(CCOC)CNC(C)(C)C. The van der Waals surface area contributed by atoms with Crippen LogP contribution in [0.2, 0.25) is 0 Å². The fourth-order valence-electron chi connectivity index (χ4n) is 1.49. The molecule has 2 nitrogen and oxygen atoms in total. The van der Waals surface area contributed by atoms with Crippen LogP contribution >= 0.6 is 0 Å². The van der Waals surface area contributed by atoms with Gasteiger partial charge in [0, 0.05) is 19.3 Å². The van der Waals surface area contributed by atoms with Crippen molar-refractivity contribution >= 4 is 0 Å². The zero-order valence-electron chi connectivity index (χ0n) is 10.5. The van der Waals surface area contributed by atoms with E-state index in [0.29, 0.717) is 0 Å². The molecule has 0 heterocycles. The molecule has 0 aliphatic rings. The Morgan fingerprint density at radius 3 is 2.29 bits per heavy atom. The number of ether oxygens (including phenoxy) is 1. The molecule has 0 aromatic carbocycles. The highest BCUT2D eigenvalue weighted by Crippen LogP contribution is 2.11. The Hall–Kier alpha value is -0.0800. The molecule has 0 radical (unpaired) electrons. The first-order valence-corrected chi connectivity index (χ1v) is 5.73. The van der Waals surface area contributed by atoms with Crippen molar-refractivity contribution in [2.45, 2.75) is 52.5 Å². The van der Waals surface area contributed by atoms with Crippen molar-refractivity contribution in [1.82, 2.24) is 5.32 Å². The lowest BCUT2D eigenvalue weighted by Gasteiger charge is -2.25. The summed E-state index contributed by atoms with van der Waals surface area (Å²) in [6.45, 7) is 10.9. The van der Waals surface area contributed by atoms with Crippen LogP contribution in [-0.2, 0) is 4.74 Å². The lowest BCUT2D eigenvalue weighted by Crippen LogP contribution is -2.39. The molecule has 2 heteroatoms. The second-order valence-electron chi connectivity index (χ2n) is 5.07. The number of methoxy groups -OCH3 is 1. The van der Waals surface area contributed by atoms with Gasteiger partial charge in [-0.15, -0.1) is 0 Å². The number of rotatable bonds is 7. The minimum atomic E-state index is 0.235. The average Bonchev–Trinajstić information content (AvgIpc) is 2.08. The van der Waals surface area contributed by atoms with Crippen molar-refractivity contribution in [3.05, 3.63) is 0 Å². The second kappa shape index (κ2) is 7.24. The number of nitrogens with one attached hydrogen (secondary N) is 1. The van der Waals surface area contributed by atoms with Gasteiger partial charge in [0.25, 0.3) is 0 Å². The highest BCUT2D eigenvalue weighted by atomic mass is 16.5. The molecular weight excluding hydrogens is 174 g/mol. The standard InChI is InChI=1S/C12H27NO/c1-6-7-11(8-9-14-5)10-13-12(2,3)4/h11,13H,6-10H2,1-5H3. The van der Waals surface area contributed by atoms with E-state index in [9.17, 15) is 0 Å². The molecule has 14 heavy (non-hydrogen) atoms. The maximum absolute atomic E-state index is 5.12. The van der Waals surface area contributed by atoms with Crippen LogP contribution in [0, 0.1) is 5.92 Å². The minimum absolute atomic E-state index is 0.235. The third-order valence-corrected chi connectivity index (χ3v) is 2.35. The zero-order valence-corrected chi connectivity index (χ0v) is 10.5. The van der Waals surface area contributed by atoms with Gasteiger partial charge in [-0.25, -0.2) is 0 Å². The third kappa shape index (κ3) is 8.52. The molecule has 0 fully saturated rings. The van der Waals surface area contributed by atoms with E-state index in [4.69, 9.17) is 4.74 Å². The van der Waals surface area contributed by atoms with Gasteiger partial charge < -0.3 is 10.1 Å². The van der Waals surface area contributed by atoms with Gasteiger partial charge in [0.1, 0.15) is 0 Å². The number of hydrogen-bond donors (Lipinski definition) is 1. The quantitative estimate of drug-likeness (QED) is 0.684. The van der Waals surface area contributed by atoms with E-state index in [2.05, 4.69) is 33.0 Å². The monoisotopic (exact) mass is 201 g/mol. The van der Waals surface area contributed by atoms with Gasteiger partial charge in [-0.05, 0) is 46.1 Å². The fraction of sp³-hybridized carbons (Fsp3) is 1.00. The average molecular weight is 201 g/mol. The van der Waals surface area contributed by atoms with Crippen molar-refractivity contribution in [2.75, 3.05) is 20.3 Å². The molecule has 1 atom stereocenters. The van der Waals surface area contributed by atoms with Crippen LogP contribution < -0.4 is 5.32 Å². The van der Waals surface area contributed by atoms with Crippen LogP contribution in [0.15, 0.2) is 0 Å². The van der Waals surface area contributed by atoms with Crippen LogP contribution in [0.3, 0.4) is 0 Å². The van der Waals surface area contributed by atoms with Gasteiger partial charge in [0.15, 0.2) is 0 Å². The van der Waals surface area contributed by atoms with Gasteiger partial charge in [0.05, 0.1) is 0 Å². The molecule has 0 amide bonds. The first-order valence-electron chi connectivity index (χ1n) is 5.73. The van der Waals surface area contributed by atoms with E-state index in [0.717, 1.165) is 19.1 Å². The van der Waals surface area contributed by atoms with Crippen LogP contribution in [0.4, 0.5) is 0 Å². The van der Waals surface area contributed by atoms with Crippen LogP contribution in [0.1, 0.15) is 47.0 Å². The van der Waals surface area contributed by atoms with E-state index in [1.165, 1.54) is 19.3 Å². The van der Waals surface area contributed by atoms with Gasteiger partial charge in [-0.2, -0.15) is 0 Å². The van der Waals surface area contributed by atoms with Gasteiger partial charge in [-0.1, -0.05) is 13.3 Å². The molecule has 0 rings (SSSR count). The summed E-state index contributed by atoms with van der Waals surface area (Å²) < 4.78 is 5.12. The van der Waals surface area contributed by atoms with Crippen molar-refractivity contribution < 1.29 is 4.74 Å². The molecule has 0 aromatic heterocycles. The Kier molecular flexibility index (Phi) is 7.20. The zero-order chi connectivity index (χ0) is 11.0. The molecule has 86 valence electrons. The van der Waals surface area contributed by atoms with Crippen LogP contribution in [0.5, 0.6) is 0 Å². The Morgan fingerprint density at radius 2 is 1.86 bits per heavy atom. The summed E-state index contributed by atoms with van der Waals surface area (Å²) in [5, 5.41) is 3.56. The molecule has 1 unspecified atom stereocenters. The predicted molar refractivity (Wildman–Crippen MR) is 62.6 cm³/mol. The van der Waals surface area contributed by atoms with Crippen molar-refractivity contribution in [2.24, 2.45) is 5.92 Å². The Morgan fingerprint density at radius 1 is 1.21 bits per heavy atom. The molecule has 0 bridgehead atoms. The predicted octanol–water partition coefficient (Wildman–Crippen LogP) is 2.83. The minimum Gasteiger partial charge on any atom is -0.385 e. The first kappa shape index (κ1) is 13.9. The highest BCUT2D eigenvalue weighted by molar-refractivity contribution is 4.73. The van der Waals surface area contributed by atoms with Crippen LogP contribution in [0.25, 0.3) is 0 Å². The lowest BCUT2D eigenvalue weighted by molar-refractivity contribution is 0.171. The van der Waals surface area contributed by atoms with Gasteiger partial charge in [0.2, 0.25) is 0 Å². The smallest absolute Gasteiger partial charge is 0.0465 e. The van der Waals surface area contributed by atoms with E-state index < -0.39 is 0 Å². The highest BCUT2D eigenvalue weighted by Gasteiger charge is 2.13. The summed E-state index contributed by atoms with van der Waals surface area (Å²) >= 11 is 0. The van der Waals surface area contributed by atoms with Crippen LogP contribution in [-0.4, -0.2) is 25.8 Å². The van der Waals surface area contributed by atoms with E-state index in [1.807, 2.05) is 0 Å². The first-order chi connectivity index (χ1) is 6.49. The Balaban J connectivity index is 3.72. The summed E-state index contributed by atoms with van der Waals surface area (Å²) in [5.41, 5.74) is 0.235. The second-order valence-corrected chi connectivity index (χ2v) is 5.07. The summed E-state index contributed by atoms with van der Waals surface area (Å²) in [4.78, 5) is 0. The molecule has 0 aliphatic carbocycles. The molecule has 1 N–H and O–H groups in total. The maximum atomic E-state index is 5.12. The molecule has 0 saturated heterocycles. The van der Waals surface area contributed by atoms with E-state index >= 15 is 0 Å². The molecule has 0 spiro atoms. The summed E-state index contributed by atoms with van der Waals surface area (Å²) in [6.07, 6.45) is 3.74. The topological polar surface area (TPSA) is 21.3 Å². The molecular formula is C12H27NO. The largest absolute Gasteiger partial charge is 0.385 e. The van der Waals surface area contributed by atoms with Crippen molar-refractivity contribution in [3.63, 3.8) is 0 Å². The third-order valence-electron chi connectivity index (χ3n) is 2.35. The lowest BCUT2D eigenvalue weighted by atomic mass is 9.98. The van der Waals surface area contributed by atoms with Crippen molar-refractivity contribution in [3.8, 4) is 0 Å². The maximum Gasteiger partial charge on any atom is 0.0465 e. The van der Waals surface area contributed by atoms with E-state index in [1.54, 1.807) is 7.11 Å². The molecule has 0 aromatic rings. The molecule has 0 aliphatic heterocycles. The van der Waals surface area contributed by atoms with Crippen molar-refractivity contribution in [1.29, 1.82) is 0 Å². The van der Waals surface area contributed by atoms with Gasteiger partial charge >= 0.3 is 0 Å². The molecule has 0 saturated carbocycles. The van der Waals surface area contributed by atoms with Gasteiger partial charge in [-0.3, -0.25) is 0 Å².